The Morgan fingerprint density at radius 3 is 1.95 bits per heavy atom. The Morgan fingerprint density at radius 1 is 0.895 bits per heavy atom. The molecule has 0 spiro atoms. The fourth-order valence-corrected chi connectivity index (χ4v) is 2.68. The second-order valence-electron chi connectivity index (χ2n) is 5.51. The highest BCUT2D eigenvalue weighted by molar-refractivity contribution is 5.36. The van der Waals surface area contributed by atoms with Gasteiger partial charge in [-0.05, 0) is 49.9 Å². The summed E-state index contributed by atoms with van der Waals surface area (Å²) < 4.78 is 0. The Bertz CT molecular complexity index is 544. The number of rotatable bonds is 3. The summed E-state index contributed by atoms with van der Waals surface area (Å²) in [6, 6.07) is 12.6. The van der Waals surface area contributed by atoms with Crippen molar-refractivity contribution in [3.05, 3.63) is 69.8 Å². The number of aliphatic hydroxyl groups excluding tert-OH is 1. The van der Waals surface area contributed by atoms with E-state index in [0.717, 1.165) is 5.56 Å². The number of hydrogen-bond donors (Lipinski definition) is 1. The molecule has 0 aromatic heterocycles. The van der Waals surface area contributed by atoms with Gasteiger partial charge in [-0.15, -0.1) is 0 Å². The Hall–Kier alpha value is -1.60. The molecule has 0 amide bonds. The summed E-state index contributed by atoms with van der Waals surface area (Å²) in [6.07, 6.45) is 0.250. The van der Waals surface area contributed by atoms with Gasteiger partial charge in [0.05, 0.1) is 6.10 Å². The first kappa shape index (κ1) is 13.8. The predicted octanol–water partition coefficient (Wildman–Crippen LogP) is 4.20. The summed E-state index contributed by atoms with van der Waals surface area (Å²) in [7, 11) is 0. The van der Waals surface area contributed by atoms with Gasteiger partial charge in [0, 0.05) is 6.42 Å². The fraction of sp³-hybridized carbons (Fsp3) is 0.333. The van der Waals surface area contributed by atoms with Crippen molar-refractivity contribution < 1.29 is 5.11 Å². The lowest BCUT2D eigenvalue weighted by Crippen LogP contribution is -2.05. The van der Waals surface area contributed by atoms with Crippen molar-refractivity contribution in [1.82, 2.24) is 0 Å². The first-order valence-corrected chi connectivity index (χ1v) is 6.78. The zero-order chi connectivity index (χ0) is 14.0. The quantitative estimate of drug-likeness (QED) is 0.870. The van der Waals surface area contributed by atoms with Gasteiger partial charge in [0.15, 0.2) is 0 Å². The lowest BCUT2D eigenvalue weighted by Gasteiger charge is -2.16. The van der Waals surface area contributed by atoms with Crippen LogP contribution in [0.25, 0.3) is 0 Å². The van der Waals surface area contributed by atoms with Crippen LogP contribution in [0, 0.1) is 27.7 Å². The van der Waals surface area contributed by atoms with E-state index in [4.69, 9.17) is 0 Å². The van der Waals surface area contributed by atoms with Crippen LogP contribution < -0.4 is 0 Å². The van der Waals surface area contributed by atoms with E-state index in [0.29, 0.717) is 6.42 Å². The average Bonchev–Trinajstić information content (AvgIpc) is 2.32. The van der Waals surface area contributed by atoms with Crippen LogP contribution in [-0.4, -0.2) is 5.11 Å². The SMILES string of the molecule is Cc1cc(C)cc(C(O)Cc2c(C)cccc2C)c1. The number of aryl methyl sites for hydroxylation is 4. The molecule has 1 nitrogen and oxygen atoms in total. The highest BCUT2D eigenvalue weighted by Crippen LogP contribution is 2.24. The molecule has 0 bridgehead atoms. The summed E-state index contributed by atoms with van der Waals surface area (Å²) in [6.45, 7) is 8.36. The summed E-state index contributed by atoms with van der Waals surface area (Å²) in [5.74, 6) is 0. The molecule has 1 unspecified atom stereocenters. The van der Waals surface area contributed by atoms with E-state index in [-0.39, 0.29) is 0 Å². The molecule has 1 heteroatoms. The molecular formula is C18H22O. The van der Waals surface area contributed by atoms with Crippen LogP contribution in [0.2, 0.25) is 0 Å². The minimum atomic E-state index is -0.432. The molecule has 0 heterocycles. The Kier molecular flexibility index (Phi) is 4.06. The van der Waals surface area contributed by atoms with Gasteiger partial charge in [0.2, 0.25) is 0 Å². The van der Waals surface area contributed by atoms with Crippen molar-refractivity contribution in [2.75, 3.05) is 0 Å². The van der Waals surface area contributed by atoms with E-state index in [1.165, 1.54) is 27.8 Å². The summed E-state index contributed by atoms with van der Waals surface area (Å²) >= 11 is 0. The van der Waals surface area contributed by atoms with Crippen molar-refractivity contribution >= 4 is 0 Å². The lowest BCUT2D eigenvalue weighted by atomic mass is 9.93. The molecule has 0 radical (unpaired) electrons. The van der Waals surface area contributed by atoms with Crippen LogP contribution in [0.1, 0.15) is 39.5 Å². The van der Waals surface area contributed by atoms with Crippen LogP contribution >= 0.6 is 0 Å². The van der Waals surface area contributed by atoms with Crippen LogP contribution in [0.5, 0.6) is 0 Å². The smallest absolute Gasteiger partial charge is 0.0830 e. The zero-order valence-electron chi connectivity index (χ0n) is 12.2. The minimum absolute atomic E-state index is 0.432. The molecular weight excluding hydrogens is 232 g/mol. The average molecular weight is 254 g/mol. The Balaban J connectivity index is 2.28. The maximum absolute atomic E-state index is 10.5. The third-order valence-electron chi connectivity index (χ3n) is 3.67. The second-order valence-corrected chi connectivity index (χ2v) is 5.51. The van der Waals surface area contributed by atoms with Crippen molar-refractivity contribution in [3.8, 4) is 0 Å². The van der Waals surface area contributed by atoms with Crippen molar-refractivity contribution in [3.63, 3.8) is 0 Å². The molecule has 0 fully saturated rings. The van der Waals surface area contributed by atoms with Gasteiger partial charge in [-0.2, -0.15) is 0 Å². The van der Waals surface area contributed by atoms with Crippen molar-refractivity contribution in [1.29, 1.82) is 0 Å². The van der Waals surface area contributed by atoms with Gasteiger partial charge < -0.3 is 5.11 Å². The normalized spacial score (nSPS) is 12.5. The molecule has 0 aliphatic carbocycles. The van der Waals surface area contributed by atoms with Crippen molar-refractivity contribution in [2.45, 2.75) is 40.2 Å². The largest absolute Gasteiger partial charge is 0.388 e. The van der Waals surface area contributed by atoms with Crippen LogP contribution in [0.15, 0.2) is 36.4 Å². The lowest BCUT2D eigenvalue weighted by molar-refractivity contribution is 0.178. The van der Waals surface area contributed by atoms with Crippen LogP contribution in [0.3, 0.4) is 0 Å². The molecule has 0 saturated carbocycles. The number of hydrogen-bond acceptors (Lipinski definition) is 1. The van der Waals surface area contributed by atoms with Gasteiger partial charge in [0.25, 0.3) is 0 Å². The van der Waals surface area contributed by atoms with E-state index in [2.05, 4.69) is 64.1 Å². The first-order chi connectivity index (χ1) is 8.97. The summed E-state index contributed by atoms with van der Waals surface area (Å²) in [4.78, 5) is 0. The topological polar surface area (TPSA) is 20.2 Å². The van der Waals surface area contributed by atoms with Gasteiger partial charge in [0.1, 0.15) is 0 Å². The molecule has 1 N–H and O–H groups in total. The number of benzene rings is 2. The molecule has 1 atom stereocenters. The monoisotopic (exact) mass is 254 g/mol. The van der Waals surface area contributed by atoms with E-state index in [1.54, 1.807) is 0 Å². The van der Waals surface area contributed by atoms with E-state index >= 15 is 0 Å². The molecule has 2 aromatic rings. The molecule has 0 aliphatic heterocycles. The Labute approximate surface area is 115 Å². The van der Waals surface area contributed by atoms with Gasteiger partial charge in [-0.3, -0.25) is 0 Å². The summed E-state index contributed by atoms with van der Waals surface area (Å²) in [5.41, 5.74) is 7.19. The zero-order valence-corrected chi connectivity index (χ0v) is 12.2. The molecule has 19 heavy (non-hydrogen) atoms. The third kappa shape index (κ3) is 3.24. The van der Waals surface area contributed by atoms with E-state index in [1.807, 2.05) is 0 Å². The summed E-state index contributed by atoms with van der Waals surface area (Å²) in [5, 5.41) is 10.5. The van der Waals surface area contributed by atoms with Crippen LogP contribution in [0.4, 0.5) is 0 Å². The second kappa shape index (κ2) is 5.58. The molecule has 2 aromatic carbocycles. The first-order valence-electron chi connectivity index (χ1n) is 6.78. The maximum atomic E-state index is 10.5. The third-order valence-corrected chi connectivity index (χ3v) is 3.67. The molecule has 2 rings (SSSR count). The molecule has 100 valence electrons. The molecule has 0 aliphatic rings. The van der Waals surface area contributed by atoms with E-state index in [9.17, 15) is 5.11 Å². The van der Waals surface area contributed by atoms with Crippen LogP contribution in [-0.2, 0) is 6.42 Å². The predicted molar refractivity (Wildman–Crippen MR) is 80.5 cm³/mol. The Morgan fingerprint density at radius 2 is 1.42 bits per heavy atom. The van der Waals surface area contributed by atoms with Gasteiger partial charge >= 0.3 is 0 Å². The standard InChI is InChI=1S/C18H22O/c1-12-8-13(2)10-16(9-12)18(19)11-17-14(3)6-5-7-15(17)4/h5-10,18-19H,11H2,1-4H3. The van der Waals surface area contributed by atoms with Crippen molar-refractivity contribution in [2.24, 2.45) is 0 Å². The van der Waals surface area contributed by atoms with Gasteiger partial charge in [-0.1, -0.05) is 47.5 Å². The van der Waals surface area contributed by atoms with Gasteiger partial charge in [-0.25, -0.2) is 0 Å². The fourth-order valence-electron chi connectivity index (χ4n) is 2.68. The highest BCUT2D eigenvalue weighted by atomic mass is 16.3. The van der Waals surface area contributed by atoms with E-state index < -0.39 is 6.10 Å². The minimum Gasteiger partial charge on any atom is -0.388 e. The highest BCUT2D eigenvalue weighted by Gasteiger charge is 2.12. The number of aliphatic hydroxyl groups is 1. The maximum Gasteiger partial charge on any atom is 0.0830 e. The molecule has 0 saturated heterocycles.